The van der Waals surface area contributed by atoms with E-state index in [9.17, 15) is 4.79 Å². The van der Waals surface area contributed by atoms with Crippen LogP contribution < -0.4 is 9.64 Å². The molecule has 1 aliphatic heterocycles. The Bertz CT molecular complexity index is 756. The van der Waals surface area contributed by atoms with Crippen molar-refractivity contribution in [2.45, 2.75) is 11.4 Å². The Hall–Kier alpha value is -2.18. The minimum Gasteiger partial charge on any atom is -0.497 e. The first-order chi connectivity index (χ1) is 13.6. The zero-order valence-corrected chi connectivity index (χ0v) is 17.7. The predicted molar refractivity (Wildman–Crippen MR) is 116 cm³/mol. The highest BCUT2D eigenvalue weighted by Gasteiger charge is 2.22. The van der Waals surface area contributed by atoms with E-state index in [4.69, 9.17) is 4.74 Å². The molecule has 0 aliphatic carbocycles. The summed E-state index contributed by atoms with van der Waals surface area (Å²) in [5, 5.41) is 0. The van der Waals surface area contributed by atoms with E-state index >= 15 is 0 Å². The van der Waals surface area contributed by atoms with Crippen LogP contribution in [0.4, 0.5) is 5.69 Å². The fourth-order valence-electron chi connectivity index (χ4n) is 3.44. The van der Waals surface area contributed by atoms with Gasteiger partial charge in [0.25, 0.3) is 0 Å². The molecule has 0 bridgehead atoms. The van der Waals surface area contributed by atoms with Crippen LogP contribution in [0.2, 0.25) is 0 Å². The van der Waals surface area contributed by atoms with Gasteiger partial charge in [-0.2, -0.15) is 0 Å². The van der Waals surface area contributed by atoms with Crippen LogP contribution in [0.3, 0.4) is 0 Å². The number of ether oxygens (including phenoxy) is 1. The molecule has 0 spiro atoms. The number of anilines is 1. The van der Waals surface area contributed by atoms with Crippen LogP contribution in [0.15, 0.2) is 53.4 Å². The molecule has 0 saturated carbocycles. The van der Waals surface area contributed by atoms with Crippen molar-refractivity contribution >= 4 is 23.4 Å². The van der Waals surface area contributed by atoms with Gasteiger partial charge in [-0.15, -0.1) is 11.8 Å². The van der Waals surface area contributed by atoms with Gasteiger partial charge in [0, 0.05) is 43.3 Å². The number of rotatable bonds is 7. The zero-order valence-electron chi connectivity index (χ0n) is 16.9. The number of benzene rings is 2. The first-order valence-electron chi connectivity index (χ1n) is 9.57. The molecule has 1 amide bonds. The summed E-state index contributed by atoms with van der Waals surface area (Å²) in [6.45, 7) is 4.48. The molecule has 1 heterocycles. The molecule has 150 valence electrons. The van der Waals surface area contributed by atoms with Crippen LogP contribution >= 0.6 is 11.8 Å². The molecule has 2 aromatic rings. The number of hydrogen-bond donors (Lipinski definition) is 0. The fourth-order valence-corrected chi connectivity index (χ4v) is 3.84. The maximum absolute atomic E-state index is 12.7. The Balaban J connectivity index is 1.46. The minimum atomic E-state index is 0.206. The lowest BCUT2D eigenvalue weighted by Gasteiger charge is -2.36. The van der Waals surface area contributed by atoms with Crippen molar-refractivity contribution in [1.82, 2.24) is 9.80 Å². The summed E-state index contributed by atoms with van der Waals surface area (Å²) in [6.07, 6.45) is 2.08. The van der Waals surface area contributed by atoms with Crippen molar-refractivity contribution in [3.05, 3.63) is 54.1 Å². The van der Waals surface area contributed by atoms with Gasteiger partial charge in [0.05, 0.1) is 13.7 Å². The third-order valence-electron chi connectivity index (χ3n) is 5.09. The van der Waals surface area contributed by atoms with Crippen LogP contribution in [0.5, 0.6) is 5.75 Å². The lowest BCUT2D eigenvalue weighted by atomic mass is 10.2. The summed E-state index contributed by atoms with van der Waals surface area (Å²) in [7, 11) is 3.68. The van der Waals surface area contributed by atoms with Crippen molar-refractivity contribution in [2.75, 3.05) is 58.0 Å². The number of amides is 1. The molecular weight excluding hydrogens is 370 g/mol. The number of methoxy groups -OCH3 is 1. The SMILES string of the molecule is COc1ccc(N2CCN(C(=O)CN(C)Cc3ccc(SC)cc3)CC2)cc1. The monoisotopic (exact) mass is 399 g/mol. The van der Waals surface area contributed by atoms with Crippen molar-refractivity contribution in [1.29, 1.82) is 0 Å². The Labute approximate surface area is 172 Å². The molecule has 0 unspecified atom stereocenters. The molecule has 3 rings (SSSR count). The highest BCUT2D eigenvalue weighted by Crippen LogP contribution is 2.20. The lowest BCUT2D eigenvalue weighted by molar-refractivity contribution is -0.132. The Morgan fingerprint density at radius 3 is 2.25 bits per heavy atom. The molecular formula is C22H29N3O2S. The van der Waals surface area contributed by atoms with Gasteiger partial charge >= 0.3 is 0 Å². The summed E-state index contributed by atoms with van der Waals surface area (Å²) >= 11 is 1.74. The molecule has 0 radical (unpaired) electrons. The second kappa shape index (κ2) is 9.85. The van der Waals surface area contributed by atoms with Gasteiger partial charge < -0.3 is 14.5 Å². The second-order valence-electron chi connectivity index (χ2n) is 7.09. The van der Waals surface area contributed by atoms with E-state index in [-0.39, 0.29) is 5.91 Å². The van der Waals surface area contributed by atoms with Gasteiger partial charge in [-0.05, 0) is 55.3 Å². The molecule has 1 fully saturated rings. The topological polar surface area (TPSA) is 36.0 Å². The van der Waals surface area contributed by atoms with Crippen molar-refractivity contribution in [2.24, 2.45) is 0 Å². The van der Waals surface area contributed by atoms with E-state index in [0.29, 0.717) is 6.54 Å². The number of piperazine rings is 1. The molecule has 6 heteroatoms. The zero-order chi connectivity index (χ0) is 19.9. The first kappa shape index (κ1) is 20.6. The average Bonchev–Trinajstić information content (AvgIpc) is 2.74. The van der Waals surface area contributed by atoms with Gasteiger partial charge in [0.1, 0.15) is 5.75 Å². The Morgan fingerprint density at radius 2 is 1.68 bits per heavy atom. The quantitative estimate of drug-likeness (QED) is 0.668. The normalized spacial score (nSPS) is 14.4. The highest BCUT2D eigenvalue weighted by atomic mass is 32.2. The molecule has 28 heavy (non-hydrogen) atoms. The predicted octanol–water partition coefficient (Wildman–Crippen LogP) is 3.20. The van der Waals surface area contributed by atoms with E-state index in [1.807, 2.05) is 24.1 Å². The molecule has 5 nitrogen and oxygen atoms in total. The summed E-state index contributed by atoms with van der Waals surface area (Å²) in [4.78, 5) is 20.3. The molecule has 1 saturated heterocycles. The van der Waals surface area contributed by atoms with Gasteiger partial charge in [-0.1, -0.05) is 12.1 Å². The van der Waals surface area contributed by atoms with Crippen LogP contribution in [-0.4, -0.2) is 68.8 Å². The van der Waals surface area contributed by atoms with Crippen LogP contribution in [0.1, 0.15) is 5.56 Å². The maximum atomic E-state index is 12.7. The standard InChI is InChI=1S/C22H29N3O2S/c1-23(16-18-4-10-21(28-3)11-5-18)17-22(26)25-14-12-24(13-15-25)19-6-8-20(27-2)9-7-19/h4-11H,12-17H2,1-3H3. The van der Waals surface area contributed by atoms with Crippen LogP contribution in [-0.2, 0) is 11.3 Å². The summed E-state index contributed by atoms with van der Waals surface area (Å²) in [5.74, 6) is 1.07. The molecule has 0 aromatic heterocycles. The number of hydrogen-bond acceptors (Lipinski definition) is 5. The van der Waals surface area contributed by atoms with Gasteiger partial charge in [-0.25, -0.2) is 0 Å². The van der Waals surface area contributed by atoms with Gasteiger partial charge in [0.15, 0.2) is 0 Å². The number of nitrogens with zero attached hydrogens (tertiary/aromatic N) is 3. The third-order valence-corrected chi connectivity index (χ3v) is 5.83. The number of thioether (sulfide) groups is 1. The number of carbonyl (C=O) groups excluding carboxylic acids is 1. The highest BCUT2D eigenvalue weighted by molar-refractivity contribution is 7.98. The van der Waals surface area contributed by atoms with Crippen molar-refractivity contribution in [3.8, 4) is 5.75 Å². The van der Waals surface area contributed by atoms with E-state index in [1.165, 1.54) is 16.1 Å². The van der Waals surface area contributed by atoms with Crippen LogP contribution in [0.25, 0.3) is 0 Å². The molecule has 2 aromatic carbocycles. The van der Waals surface area contributed by atoms with Crippen molar-refractivity contribution < 1.29 is 9.53 Å². The van der Waals surface area contributed by atoms with E-state index in [0.717, 1.165) is 38.5 Å². The summed E-state index contributed by atoms with van der Waals surface area (Å²) < 4.78 is 5.22. The van der Waals surface area contributed by atoms with E-state index in [2.05, 4.69) is 52.5 Å². The van der Waals surface area contributed by atoms with E-state index in [1.54, 1.807) is 18.9 Å². The number of carbonyl (C=O) groups is 1. The van der Waals surface area contributed by atoms with Crippen molar-refractivity contribution in [3.63, 3.8) is 0 Å². The Morgan fingerprint density at radius 1 is 1.04 bits per heavy atom. The molecule has 0 atom stereocenters. The van der Waals surface area contributed by atoms with Crippen LogP contribution in [0, 0.1) is 0 Å². The smallest absolute Gasteiger partial charge is 0.236 e. The Kier molecular flexibility index (Phi) is 7.23. The van der Waals surface area contributed by atoms with Gasteiger partial charge in [-0.3, -0.25) is 9.69 Å². The summed E-state index contributed by atoms with van der Waals surface area (Å²) in [5.41, 5.74) is 2.41. The molecule has 0 N–H and O–H groups in total. The van der Waals surface area contributed by atoms with E-state index < -0.39 is 0 Å². The van der Waals surface area contributed by atoms with Gasteiger partial charge in [0.2, 0.25) is 5.91 Å². The first-order valence-corrected chi connectivity index (χ1v) is 10.8. The average molecular weight is 400 g/mol. The fraction of sp³-hybridized carbons (Fsp3) is 0.409. The second-order valence-corrected chi connectivity index (χ2v) is 7.97. The summed E-state index contributed by atoms with van der Waals surface area (Å²) in [6, 6.07) is 16.7. The molecule has 1 aliphatic rings. The minimum absolute atomic E-state index is 0.206. The lowest BCUT2D eigenvalue weighted by Crippen LogP contribution is -2.51. The largest absolute Gasteiger partial charge is 0.497 e. The third kappa shape index (κ3) is 5.42. The maximum Gasteiger partial charge on any atom is 0.236 e. The number of likely N-dealkylation sites (N-methyl/N-ethyl adjacent to an activating group) is 1.